The van der Waals surface area contributed by atoms with Crippen molar-refractivity contribution < 1.29 is 14.8 Å². The normalized spacial score (nSPS) is 30.4. The molecule has 0 bridgehead atoms. The minimum atomic E-state index is -1.89. The summed E-state index contributed by atoms with van der Waals surface area (Å²) >= 11 is 0. The lowest BCUT2D eigenvalue weighted by molar-refractivity contribution is -0.587. The molecule has 2 aliphatic rings. The zero-order valence-electron chi connectivity index (χ0n) is 14.3. The number of likely N-dealkylation sites (N-methyl/N-ethyl adjacent to an activating group) is 1. The van der Waals surface area contributed by atoms with E-state index in [0.29, 0.717) is 11.3 Å². The van der Waals surface area contributed by atoms with Crippen LogP contribution in [0.15, 0.2) is 54.6 Å². The van der Waals surface area contributed by atoms with Crippen LogP contribution in [0.25, 0.3) is 0 Å². The molecule has 0 aromatic heterocycles. The van der Waals surface area contributed by atoms with Crippen LogP contribution in [0.2, 0.25) is 0 Å². The van der Waals surface area contributed by atoms with Crippen LogP contribution in [-0.2, 0) is 10.3 Å². The highest BCUT2D eigenvalue weighted by Crippen LogP contribution is 2.57. The number of amides is 1. The van der Waals surface area contributed by atoms with E-state index >= 15 is 0 Å². The van der Waals surface area contributed by atoms with Crippen molar-refractivity contribution in [2.24, 2.45) is 0 Å². The second-order valence-electron chi connectivity index (χ2n) is 6.89. The number of benzene rings is 2. The summed E-state index contributed by atoms with van der Waals surface area (Å²) in [5.41, 5.74) is -1.63. The minimum Gasteiger partial charge on any atom is -0.389 e. The third-order valence-corrected chi connectivity index (χ3v) is 5.89. The molecule has 4 rings (SSSR count). The van der Waals surface area contributed by atoms with Gasteiger partial charge in [0.05, 0.1) is 5.92 Å². The fourth-order valence-corrected chi connectivity index (χ4v) is 4.80. The molecule has 3 atom stereocenters. The van der Waals surface area contributed by atoms with Gasteiger partial charge in [0.15, 0.2) is 0 Å². The zero-order chi connectivity index (χ0) is 18.5. The SMILES string of the molecule is CN1C[C@@H](c2ccccc2)[C@](CO)([N+](=O)[O-])C12C(=O)Nc1ccccc12. The summed E-state index contributed by atoms with van der Waals surface area (Å²) in [4.78, 5) is 26.8. The summed E-state index contributed by atoms with van der Waals surface area (Å²) in [6.07, 6.45) is 0. The summed E-state index contributed by atoms with van der Waals surface area (Å²) in [5, 5.41) is 25.6. The van der Waals surface area contributed by atoms with Crippen LogP contribution in [0.1, 0.15) is 17.0 Å². The molecule has 0 aliphatic carbocycles. The Hall–Kier alpha value is -2.77. The van der Waals surface area contributed by atoms with Gasteiger partial charge in [-0.2, -0.15) is 0 Å². The Kier molecular flexibility index (Phi) is 3.61. The fourth-order valence-electron chi connectivity index (χ4n) is 4.80. The molecule has 2 aromatic rings. The molecule has 0 radical (unpaired) electrons. The number of aliphatic hydroxyl groups excluding tert-OH is 1. The maximum absolute atomic E-state index is 13.2. The molecule has 2 aliphatic heterocycles. The third-order valence-electron chi connectivity index (χ3n) is 5.89. The monoisotopic (exact) mass is 353 g/mol. The first-order valence-corrected chi connectivity index (χ1v) is 8.42. The molecular weight excluding hydrogens is 334 g/mol. The molecule has 134 valence electrons. The Balaban J connectivity index is 2.03. The van der Waals surface area contributed by atoms with Crippen molar-refractivity contribution in [3.8, 4) is 0 Å². The van der Waals surface area contributed by atoms with E-state index in [9.17, 15) is 20.0 Å². The van der Waals surface area contributed by atoms with E-state index in [1.54, 1.807) is 36.2 Å². The number of aliphatic hydroxyl groups is 1. The molecule has 1 fully saturated rings. The number of nitrogens with one attached hydrogen (secondary N) is 1. The molecule has 2 heterocycles. The lowest BCUT2D eigenvalue weighted by Gasteiger charge is -2.38. The summed E-state index contributed by atoms with van der Waals surface area (Å²) in [6, 6.07) is 16.1. The number of hydrogen-bond donors (Lipinski definition) is 2. The molecule has 1 unspecified atom stereocenters. The smallest absolute Gasteiger partial charge is 0.283 e. The van der Waals surface area contributed by atoms with Crippen molar-refractivity contribution in [3.63, 3.8) is 0 Å². The lowest BCUT2D eigenvalue weighted by Crippen LogP contribution is -2.65. The molecule has 2 N–H and O–H groups in total. The molecule has 0 saturated carbocycles. The van der Waals surface area contributed by atoms with Gasteiger partial charge in [-0.15, -0.1) is 0 Å². The highest BCUT2D eigenvalue weighted by atomic mass is 16.6. The number of rotatable bonds is 3. The first kappa shape index (κ1) is 16.7. The Morgan fingerprint density at radius 3 is 2.54 bits per heavy atom. The van der Waals surface area contributed by atoms with Crippen molar-refractivity contribution >= 4 is 11.6 Å². The van der Waals surface area contributed by atoms with Crippen LogP contribution in [0.5, 0.6) is 0 Å². The number of nitro groups is 1. The summed E-state index contributed by atoms with van der Waals surface area (Å²) in [6.45, 7) is -0.459. The van der Waals surface area contributed by atoms with E-state index in [1.165, 1.54) is 0 Å². The largest absolute Gasteiger partial charge is 0.389 e. The van der Waals surface area contributed by atoms with E-state index in [0.717, 1.165) is 5.56 Å². The second kappa shape index (κ2) is 5.62. The Labute approximate surface area is 150 Å². The van der Waals surface area contributed by atoms with Crippen molar-refractivity contribution in [3.05, 3.63) is 75.8 Å². The van der Waals surface area contributed by atoms with Gasteiger partial charge in [0.25, 0.3) is 11.4 Å². The van der Waals surface area contributed by atoms with Crippen molar-refractivity contribution in [2.45, 2.75) is 17.0 Å². The second-order valence-corrected chi connectivity index (χ2v) is 6.89. The molecular formula is C19H19N3O4. The Morgan fingerprint density at radius 1 is 1.23 bits per heavy atom. The average Bonchev–Trinajstić information content (AvgIpc) is 3.10. The van der Waals surface area contributed by atoms with Crippen LogP contribution < -0.4 is 5.32 Å². The molecule has 2 aromatic carbocycles. The van der Waals surface area contributed by atoms with E-state index in [2.05, 4.69) is 5.32 Å². The standard InChI is InChI=1S/C19H19N3O4/c1-21-11-15(13-7-3-2-4-8-13)18(12-23,22(25)26)19(21)14-9-5-6-10-16(14)20-17(19)24/h2-10,15,23H,11-12H2,1H3,(H,20,24)/t15-,18-,19?/m0/s1. The third kappa shape index (κ3) is 1.76. The van der Waals surface area contributed by atoms with Gasteiger partial charge in [-0.3, -0.25) is 19.8 Å². The van der Waals surface area contributed by atoms with Crippen molar-refractivity contribution in [1.82, 2.24) is 4.90 Å². The van der Waals surface area contributed by atoms with E-state index in [-0.39, 0.29) is 6.54 Å². The maximum atomic E-state index is 13.2. The number of para-hydroxylation sites is 1. The quantitative estimate of drug-likeness (QED) is 0.645. The molecule has 1 spiro atoms. The number of likely N-dealkylation sites (tertiary alicyclic amines) is 1. The highest BCUT2D eigenvalue weighted by molar-refractivity contribution is 6.07. The number of anilines is 1. The first-order valence-electron chi connectivity index (χ1n) is 8.42. The minimum absolute atomic E-state index is 0.285. The Bertz CT molecular complexity index is 887. The van der Waals surface area contributed by atoms with Crippen LogP contribution >= 0.6 is 0 Å². The summed E-state index contributed by atoms with van der Waals surface area (Å²) < 4.78 is 0. The highest BCUT2D eigenvalue weighted by Gasteiger charge is 2.78. The van der Waals surface area contributed by atoms with Crippen LogP contribution in [0, 0.1) is 10.1 Å². The molecule has 1 saturated heterocycles. The average molecular weight is 353 g/mol. The molecule has 1 amide bonds. The van der Waals surface area contributed by atoms with Gasteiger partial charge in [-0.25, -0.2) is 0 Å². The molecule has 7 heteroatoms. The summed E-state index contributed by atoms with van der Waals surface area (Å²) in [7, 11) is 1.71. The lowest BCUT2D eigenvalue weighted by atomic mass is 9.68. The molecule has 26 heavy (non-hydrogen) atoms. The van der Waals surface area contributed by atoms with E-state index in [1.807, 2.05) is 30.3 Å². The van der Waals surface area contributed by atoms with Gasteiger partial charge >= 0.3 is 0 Å². The summed E-state index contributed by atoms with van der Waals surface area (Å²) in [5.74, 6) is -1.10. The van der Waals surface area contributed by atoms with Crippen LogP contribution in [0.3, 0.4) is 0 Å². The van der Waals surface area contributed by atoms with E-state index in [4.69, 9.17) is 0 Å². The number of hydrogen-bond acceptors (Lipinski definition) is 5. The van der Waals surface area contributed by atoms with Crippen molar-refractivity contribution in [1.29, 1.82) is 0 Å². The maximum Gasteiger partial charge on any atom is 0.283 e. The predicted octanol–water partition coefficient (Wildman–Crippen LogP) is 1.57. The fraction of sp³-hybridized carbons (Fsp3) is 0.316. The number of fused-ring (bicyclic) bond motifs is 2. The van der Waals surface area contributed by atoms with Crippen LogP contribution in [0.4, 0.5) is 5.69 Å². The number of carbonyl (C=O) groups is 1. The van der Waals surface area contributed by atoms with Crippen LogP contribution in [-0.4, -0.2) is 46.6 Å². The number of carbonyl (C=O) groups excluding carboxylic acids is 1. The number of nitrogens with zero attached hydrogens (tertiary/aromatic N) is 2. The first-order chi connectivity index (χ1) is 12.5. The van der Waals surface area contributed by atoms with Gasteiger partial charge in [-0.1, -0.05) is 48.5 Å². The topological polar surface area (TPSA) is 95.7 Å². The zero-order valence-corrected chi connectivity index (χ0v) is 14.3. The van der Waals surface area contributed by atoms with Crippen molar-refractivity contribution in [2.75, 3.05) is 25.5 Å². The van der Waals surface area contributed by atoms with Gasteiger partial charge < -0.3 is 10.4 Å². The van der Waals surface area contributed by atoms with Gasteiger partial charge in [0, 0.05) is 22.7 Å². The van der Waals surface area contributed by atoms with Gasteiger partial charge in [-0.05, 0) is 18.7 Å². The van der Waals surface area contributed by atoms with Gasteiger partial charge in [0.2, 0.25) is 5.54 Å². The predicted molar refractivity (Wildman–Crippen MR) is 95.4 cm³/mol. The van der Waals surface area contributed by atoms with Gasteiger partial charge in [0.1, 0.15) is 6.61 Å². The molecule has 7 nitrogen and oxygen atoms in total. The Morgan fingerprint density at radius 2 is 1.88 bits per heavy atom. The van der Waals surface area contributed by atoms with E-state index < -0.39 is 34.4 Å².